The number of carbonyl (C=O) groups excluding carboxylic acids is 1. The fraction of sp³-hybridized carbons (Fsp3) is 0.304. The van der Waals surface area contributed by atoms with Crippen molar-refractivity contribution in [3.8, 4) is 5.88 Å². The zero-order valence-electron chi connectivity index (χ0n) is 16.6. The smallest absolute Gasteiger partial charge is 0.248 e. The zero-order valence-corrected chi connectivity index (χ0v) is 16.6. The van der Waals surface area contributed by atoms with Crippen LogP contribution in [0.2, 0.25) is 0 Å². The van der Waals surface area contributed by atoms with Gasteiger partial charge in [-0.25, -0.2) is 0 Å². The molecule has 1 aliphatic heterocycles. The van der Waals surface area contributed by atoms with Gasteiger partial charge in [-0.05, 0) is 62.7 Å². The highest BCUT2D eigenvalue weighted by Gasteiger charge is 2.15. The van der Waals surface area contributed by atoms with Gasteiger partial charge in [0.05, 0.1) is 17.0 Å². The number of hydrogen-bond donors (Lipinski definition) is 3. The average Bonchev–Trinajstić information content (AvgIpc) is 3.05. The second-order valence-corrected chi connectivity index (χ2v) is 7.67. The molecule has 2 heterocycles. The number of fused-ring (bicyclic) bond motifs is 1. The number of aliphatic imine (C=N–C) groups is 1. The number of rotatable bonds is 5. The molecule has 150 valence electrons. The molecule has 0 atom stereocenters. The van der Waals surface area contributed by atoms with Gasteiger partial charge in [0, 0.05) is 23.0 Å². The SMILES string of the molecule is CC(=Nc1ccc(CN2CCCCC2)cc1)c1c(O)[nH]c2cc(C(N)=O)ccc12. The Hall–Kier alpha value is -3.12. The quantitative estimate of drug-likeness (QED) is 0.573. The van der Waals surface area contributed by atoms with Crippen molar-refractivity contribution < 1.29 is 9.90 Å². The van der Waals surface area contributed by atoms with E-state index in [-0.39, 0.29) is 5.88 Å². The maximum atomic E-state index is 11.4. The standard InChI is InChI=1S/C23H26N4O2/c1-15(21-19-10-7-17(22(24)28)13-20(19)26-23(21)29)25-18-8-5-16(6-9-18)14-27-11-3-2-4-12-27/h5-10,13,26,29H,2-4,11-12,14H2,1H3,(H2,24,28). The van der Waals surface area contributed by atoms with Gasteiger partial charge in [-0.2, -0.15) is 0 Å². The number of nitrogens with one attached hydrogen (secondary N) is 1. The van der Waals surface area contributed by atoms with E-state index < -0.39 is 5.91 Å². The summed E-state index contributed by atoms with van der Waals surface area (Å²) < 4.78 is 0. The molecule has 1 fully saturated rings. The van der Waals surface area contributed by atoms with E-state index >= 15 is 0 Å². The van der Waals surface area contributed by atoms with Gasteiger partial charge in [0.15, 0.2) is 5.88 Å². The molecule has 0 unspecified atom stereocenters. The topological polar surface area (TPSA) is 94.7 Å². The summed E-state index contributed by atoms with van der Waals surface area (Å²) in [6.07, 6.45) is 3.92. The molecule has 0 aliphatic carbocycles. The van der Waals surface area contributed by atoms with Crippen molar-refractivity contribution in [3.63, 3.8) is 0 Å². The summed E-state index contributed by atoms with van der Waals surface area (Å²) in [5.41, 5.74) is 9.85. The number of hydrogen-bond acceptors (Lipinski definition) is 4. The number of aromatic hydroxyl groups is 1. The summed E-state index contributed by atoms with van der Waals surface area (Å²) in [6, 6.07) is 13.3. The lowest BCUT2D eigenvalue weighted by atomic mass is 10.1. The Balaban J connectivity index is 1.56. The zero-order chi connectivity index (χ0) is 20.4. The van der Waals surface area contributed by atoms with E-state index in [1.54, 1.807) is 18.2 Å². The van der Waals surface area contributed by atoms with Crippen molar-refractivity contribution in [2.75, 3.05) is 13.1 Å². The van der Waals surface area contributed by atoms with Crippen molar-refractivity contribution in [3.05, 3.63) is 59.2 Å². The highest BCUT2D eigenvalue weighted by Crippen LogP contribution is 2.30. The van der Waals surface area contributed by atoms with Crippen molar-refractivity contribution in [1.82, 2.24) is 9.88 Å². The summed E-state index contributed by atoms with van der Waals surface area (Å²) in [5.74, 6) is -0.470. The van der Waals surface area contributed by atoms with Crippen LogP contribution in [0.1, 0.15) is 47.7 Å². The van der Waals surface area contributed by atoms with Gasteiger partial charge in [0.25, 0.3) is 0 Å². The first kappa shape index (κ1) is 19.2. The van der Waals surface area contributed by atoms with E-state index in [4.69, 9.17) is 5.73 Å². The fourth-order valence-electron chi connectivity index (χ4n) is 4.00. The maximum Gasteiger partial charge on any atom is 0.248 e. The molecule has 1 aromatic heterocycles. The number of likely N-dealkylation sites (tertiary alicyclic amines) is 1. The molecule has 6 nitrogen and oxygen atoms in total. The highest BCUT2D eigenvalue weighted by molar-refractivity contribution is 6.13. The normalized spacial score (nSPS) is 15.7. The molecular weight excluding hydrogens is 364 g/mol. The Morgan fingerprint density at radius 1 is 1.14 bits per heavy atom. The lowest BCUT2D eigenvalue weighted by molar-refractivity contribution is 0.100. The number of primary amides is 1. The number of piperidine rings is 1. The second kappa shape index (κ2) is 8.09. The molecule has 4 rings (SSSR count). The molecule has 1 aliphatic rings. The number of benzene rings is 2. The Bertz CT molecular complexity index is 1060. The van der Waals surface area contributed by atoms with E-state index in [1.807, 2.05) is 19.1 Å². The van der Waals surface area contributed by atoms with Gasteiger partial charge in [-0.3, -0.25) is 14.7 Å². The molecule has 29 heavy (non-hydrogen) atoms. The third-order valence-electron chi connectivity index (χ3n) is 5.51. The average molecular weight is 390 g/mol. The Morgan fingerprint density at radius 3 is 2.55 bits per heavy atom. The van der Waals surface area contributed by atoms with Crippen molar-refractivity contribution in [2.45, 2.75) is 32.7 Å². The van der Waals surface area contributed by atoms with Gasteiger partial charge in [0.1, 0.15) is 0 Å². The Labute approximate surface area is 170 Å². The number of H-pyrrole nitrogens is 1. The predicted octanol–water partition coefficient (Wildman–Crippen LogP) is 4.10. The largest absolute Gasteiger partial charge is 0.494 e. The fourth-order valence-corrected chi connectivity index (χ4v) is 4.00. The minimum atomic E-state index is -0.502. The van der Waals surface area contributed by atoms with Crippen molar-refractivity contribution >= 4 is 28.2 Å². The van der Waals surface area contributed by atoms with Crippen LogP contribution in [0.25, 0.3) is 10.9 Å². The minimum absolute atomic E-state index is 0.0320. The number of carbonyl (C=O) groups is 1. The van der Waals surface area contributed by atoms with Crippen LogP contribution in [0.4, 0.5) is 5.69 Å². The predicted molar refractivity (Wildman–Crippen MR) is 116 cm³/mol. The van der Waals surface area contributed by atoms with Gasteiger partial charge in [-0.1, -0.05) is 24.6 Å². The van der Waals surface area contributed by atoms with Crippen LogP contribution in [-0.2, 0) is 6.54 Å². The molecule has 0 spiro atoms. The van der Waals surface area contributed by atoms with E-state index in [9.17, 15) is 9.90 Å². The van der Waals surface area contributed by atoms with Crippen LogP contribution < -0.4 is 5.73 Å². The highest BCUT2D eigenvalue weighted by atomic mass is 16.3. The lowest BCUT2D eigenvalue weighted by Crippen LogP contribution is -2.28. The third-order valence-corrected chi connectivity index (χ3v) is 5.51. The summed E-state index contributed by atoms with van der Waals surface area (Å²) in [6.45, 7) is 5.20. The molecule has 2 aromatic carbocycles. The Morgan fingerprint density at radius 2 is 1.86 bits per heavy atom. The first-order valence-corrected chi connectivity index (χ1v) is 10.0. The molecule has 0 radical (unpaired) electrons. The molecule has 6 heteroatoms. The molecule has 4 N–H and O–H groups in total. The third kappa shape index (κ3) is 4.17. The van der Waals surface area contributed by atoms with E-state index in [0.717, 1.165) is 17.6 Å². The number of nitrogens with zero attached hydrogens (tertiary/aromatic N) is 2. The van der Waals surface area contributed by atoms with Gasteiger partial charge < -0.3 is 15.8 Å². The van der Waals surface area contributed by atoms with Gasteiger partial charge in [-0.15, -0.1) is 0 Å². The monoisotopic (exact) mass is 390 g/mol. The Kier molecular flexibility index (Phi) is 5.36. The van der Waals surface area contributed by atoms with Crippen LogP contribution in [0.3, 0.4) is 0 Å². The molecule has 1 amide bonds. The summed E-state index contributed by atoms with van der Waals surface area (Å²) in [7, 11) is 0. The van der Waals surface area contributed by atoms with Gasteiger partial charge >= 0.3 is 0 Å². The van der Waals surface area contributed by atoms with Crippen LogP contribution in [0.15, 0.2) is 47.5 Å². The van der Waals surface area contributed by atoms with Crippen molar-refractivity contribution in [2.24, 2.45) is 10.7 Å². The van der Waals surface area contributed by atoms with Crippen LogP contribution >= 0.6 is 0 Å². The molecular formula is C23H26N4O2. The first-order chi connectivity index (χ1) is 14.0. The number of aromatic nitrogens is 1. The van der Waals surface area contributed by atoms with E-state index in [2.05, 4.69) is 27.0 Å². The van der Waals surface area contributed by atoms with E-state index in [1.165, 1.54) is 37.9 Å². The molecule has 0 saturated carbocycles. The summed E-state index contributed by atoms with van der Waals surface area (Å²) in [5, 5.41) is 11.2. The number of nitrogens with two attached hydrogens (primary N) is 1. The molecule has 3 aromatic rings. The molecule has 1 saturated heterocycles. The van der Waals surface area contributed by atoms with Gasteiger partial charge in [0.2, 0.25) is 5.91 Å². The van der Waals surface area contributed by atoms with E-state index in [0.29, 0.717) is 22.4 Å². The minimum Gasteiger partial charge on any atom is -0.494 e. The van der Waals surface area contributed by atoms with Crippen LogP contribution in [0, 0.1) is 0 Å². The number of amides is 1. The lowest BCUT2D eigenvalue weighted by Gasteiger charge is -2.26. The second-order valence-electron chi connectivity index (χ2n) is 7.67. The molecule has 0 bridgehead atoms. The first-order valence-electron chi connectivity index (χ1n) is 10.0. The summed E-state index contributed by atoms with van der Waals surface area (Å²) >= 11 is 0. The summed E-state index contributed by atoms with van der Waals surface area (Å²) in [4.78, 5) is 21.5. The van der Waals surface area contributed by atoms with Crippen molar-refractivity contribution in [1.29, 1.82) is 0 Å². The van der Waals surface area contributed by atoms with Crippen LogP contribution in [0.5, 0.6) is 5.88 Å². The maximum absolute atomic E-state index is 11.4. The van der Waals surface area contributed by atoms with Crippen LogP contribution in [-0.4, -0.2) is 39.7 Å². The number of aromatic amines is 1.